The lowest BCUT2D eigenvalue weighted by Crippen LogP contribution is -2.16. The molecule has 0 unspecified atom stereocenters. The summed E-state index contributed by atoms with van der Waals surface area (Å²) in [6.45, 7) is 0. The summed E-state index contributed by atoms with van der Waals surface area (Å²) in [5.74, 6) is 0.876. The standard InChI is InChI=1S/C18H19O4P/c19-18-13-7-8-15(18)14-23(20,21-16-9-3-1-4-10-16)22-17-11-5-2-6-12-17/h1-6,9-12,15H,7-8,13-14H2/t15-/m0/s1. The maximum atomic E-state index is 13.3. The van der Waals surface area contributed by atoms with Gasteiger partial charge in [-0.2, -0.15) is 0 Å². The molecule has 0 aliphatic heterocycles. The molecule has 4 nitrogen and oxygen atoms in total. The van der Waals surface area contributed by atoms with Gasteiger partial charge in [-0.1, -0.05) is 36.4 Å². The van der Waals surface area contributed by atoms with E-state index < -0.39 is 7.60 Å². The third kappa shape index (κ3) is 4.23. The van der Waals surface area contributed by atoms with E-state index in [0.29, 0.717) is 17.9 Å². The molecule has 0 saturated heterocycles. The molecule has 2 aromatic carbocycles. The Bertz CT molecular complexity index is 654. The Labute approximate surface area is 136 Å². The summed E-state index contributed by atoms with van der Waals surface area (Å²) in [5.41, 5.74) is 0. The van der Waals surface area contributed by atoms with Crippen molar-refractivity contribution in [3.8, 4) is 11.5 Å². The van der Waals surface area contributed by atoms with Crippen LogP contribution in [-0.4, -0.2) is 11.9 Å². The number of hydrogen-bond acceptors (Lipinski definition) is 4. The molecule has 1 atom stereocenters. The molecule has 0 aromatic heterocycles. The lowest BCUT2D eigenvalue weighted by molar-refractivity contribution is -0.120. The molecule has 3 rings (SSSR count). The molecule has 1 aliphatic carbocycles. The highest BCUT2D eigenvalue weighted by Crippen LogP contribution is 2.51. The smallest absolute Gasteiger partial charge is 0.416 e. The predicted octanol–water partition coefficient (Wildman–Crippen LogP) is 4.71. The van der Waals surface area contributed by atoms with Crippen LogP contribution in [0.5, 0.6) is 11.5 Å². The minimum absolute atomic E-state index is 0.121. The van der Waals surface area contributed by atoms with E-state index in [1.54, 1.807) is 24.3 Å². The van der Waals surface area contributed by atoms with Crippen molar-refractivity contribution in [1.82, 2.24) is 0 Å². The van der Waals surface area contributed by atoms with Crippen molar-refractivity contribution in [1.29, 1.82) is 0 Å². The van der Waals surface area contributed by atoms with Crippen molar-refractivity contribution in [2.75, 3.05) is 6.16 Å². The zero-order chi connectivity index (χ0) is 16.1. The zero-order valence-electron chi connectivity index (χ0n) is 12.8. The highest BCUT2D eigenvalue weighted by Gasteiger charge is 2.37. The second-order valence-electron chi connectivity index (χ2n) is 5.66. The summed E-state index contributed by atoms with van der Waals surface area (Å²) in [4.78, 5) is 11.9. The Kier molecular flexibility index (Phi) is 4.82. The lowest BCUT2D eigenvalue weighted by atomic mass is 10.1. The number of carbonyl (C=O) groups excluding carboxylic acids is 1. The third-order valence-corrected chi connectivity index (χ3v) is 5.72. The van der Waals surface area contributed by atoms with E-state index in [2.05, 4.69) is 0 Å². The molecule has 0 spiro atoms. The van der Waals surface area contributed by atoms with Gasteiger partial charge in [0.05, 0.1) is 6.16 Å². The van der Waals surface area contributed by atoms with Gasteiger partial charge in [-0.15, -0.1) is 0 Å². The van der Waals surface area contributed by atoms with E-state index in [1.807, 2.05) is 36.4 Å². The van der Waals surface area contributed by atoms with Gasteiger partial charge < -0.3 is 9.05 Å². The van der Waals surface area contributed by atoms with Crippen LogP contribution in [0.1, 0.15) is 19.3 Å². The van der Waals surface area contributed by atoms with Crippen LogP contribution in [0.25, 0.3) is 0 Å². The number of hydrogen-bond donors (Lipinski definition) is 0. The fraction of sp³-hybridized carbons (Fsp3) is 0.278. The van der Waals surface area contributed by atoms with Gasteiger partial charge in [0.1, 0.15) is 17.3 Å². The van der Waals surface area contributed by atoms with Crippen LogP contribution in [-0.2, 0) is 9.36 Å². The first-order chi connectivity index (χ1) is 11.1. The lowest BCUT2D eigenvalue weighted by Gasteiger charge is -2.22. The molecule has 1 saturated carbocycles. The van der Waals surface area contributed by atoms with Gasteiger partial charge in [0.15, 0.2) is 0 Å². The molecule has 23 heavy (non-hydrogen) atoms. The Balaban J connectivity index is 1.82. The predicted molar refractivity (Wildman–Crippen MR) is 89.0 cm³/mol. The van der Waals surface area contributed by atoms with Gasteiger partial charge in [0.25, 0.3) is 0 Å². The van der Waals surface area contributed by atoms with Gasteiger partial charge in [-0.25, -0.2) is 4.57 Å². The Morgan fingerprint density at radius 1 is 0.913 bits per heavy atom. The number of ketones is 1. The molecule has 0 N–H and O–H groups in total. The summed E-state index contributed by atoms with van der Waals surface area (Å²) in [6.07, 6.45) is 2.27. The average molecular weight is 330 g/mol. The molecule has 1 aliphatic rings. The van der Waals surface area contributed by atoms with Gasteiger partial charge in [0.2, 0.25) is 0 Å². The van der Waals surface area contributed by atoms with Gasteiger partial charge in [-0.05, 0) is 37.1 Å². The molecular weight excluding hydrogens is 311 g/mol. The molecule has 0 radical (unpaired) electrons. The normalized spacial score (nSPS) is 17.9. The maximum absolute atomic E-state index is 13.3. The van der Waals surface area contributed by atoms with Gasteiger partial charge in [0, 0.05) is 12.3 Å². The van der Waals surface area contributed by atoms with Crippen molar-refractivity contribution in [2.24, 2.45) is 5.92 Å². The fourth-order valence-corrected chi connectivity index (χ4v) is 4.73. The number of benzene rings is 2. The first kappa shape index (κ1) is 15.8. The van der Waals surface area contributed by atoms with Gasteiger partial charge in [-0.3, -0.25) is 4.79 Å². The SMILES string of the molecule is O=C1CCC[C@H]1CP(=O)(Oc1ccccc1)Oc1ccccc1. The van der Waals surface area contributed by atoms with Crippen LogP contribution in [0.4, 0.5) is 0 Å². The van der Waals surface area contributed by atoms with E-state index in [1.165, 1.54) is 0 Å². The zero-order valence-corrected chi connectivity index (χ0v) is 13.7. The van der Waals surface area contributed by atoms with Crippen molar-refractivity contribution in [3.05, 3.63) is 60.7 Å². The summed E-state index contributed by atoms with van der Waals surface area (Å²) in [5, 5.41) is 0. The highest BCUT2D eigenvalue weighted by atomic mass is 31.2. The van der Waals surface area contributed by atoms with E-state index in [9.17, 15) is 9.36 Å². The molecule has 5 heteroatoms. The summed E-state index contributed by atoms with van der Waals surface area (Å²) >= 11 is 0. The van der Waals surface area contributed by atoms with E-state index in [-0.39, 0.29) is 17.9 Å². The third-order valence-electron chi connectivity index (χ3n) is 3.85. The number of carbonyl (C=O) groups is 1. The second-order valence-corrected chi connectivity index (χ2v) is 7.61. The van der Waals surface area contributed by atoms with E-state index in [0.717, 1.165) is 12.8 Å². The largest absolute Gasteiger partial charge is 0.431 e. The van der Waals surface area contributed by atoms with Crippen molar-refractivity contribution in [3.63, 3.8) is 0 Å². The van der Waals surface area contributed by atoms with Crippen LogP contribution >= 0.6 is 7.60 Å². The van der Waals surface area contributed by atoms with Crippen LogP contribution < -0.4 is 9.05 Å². The molecule has 120 valence electrons. The summed E-state index contributed by atoms with van der Waals surface area (Å²) in [7, 11) is -3.47. The molecule has 2 aromatic rings. The van der Waals surface area contributed by atoms with Crippen molar-refractivity contribution >= 4 is 13.4 Å². The number of rotatable bonds is 6. The fourth-order valence-electron chi connectivity index (χ4n) is 2.73. The Morgan fingerprint density at radius 3 is 1.87 bits per heavy atom. The number of Topliss-reactive ketones (excluding diaryl/α,β-unsaturated/α-hetero) is 1. The van der Waals surface area contributed by atoms with Crippen molar-refractivity contribution < 1.29 is 18.4 Å². The molecule has 0 heterocycles. The summed E-state index contributed by atoms with van der Waals surface area (Å²) in [6, 6.07) is 17.9. The Morgan fingerprint density at radius 2 is 1.43 bits per heavy atom. The van der Waals surface area contributed by atoms with Gasteiger partial charge >= 0.3 is 7.60 Å². The minimum Gasteiger partial charge on any atom is -0.416 e. The van der Waals surface area contributed by atoms with Crippen LogP contribution in [0.3, 0.4) is 0 Å². The van der Waals surface area contributed by atoms with Crippen LogP contribution in [0.15, 0.2) is 60.7 Å². The number of para-hydroxylation sites is 2. The minimum atomic E-state index is -3.47. The van der Waals surface area contributed by atoms with Crippen LogP contribution in [0, 0.1) is 5.92 Å². The Hall–Kier alpha value is -2.06. The first-order valence-corrected chi connectivity index (χ1v) is 9.48. The van der Waals surface area contributed by atoms with E-state index >= 15 is 0 Å². The second kappa shape index (κ2) is 7.01. The molecule has 0 amide bonds. The van der Waals surface area contributed by atoms with Crippen molar-refractivity contribution in [2.45, 2.75) is 19.3 Å². The monoisotopic (exact) mass is 330 g/mol. The first-order valence-electron chi connectivity index (χ1n) is 7.76. The highest BCUT2D eigenvalue weighted by molar-refractivity contribution is 7.54. The molecule has 0 bridgehead atoms. The quantitative estimate of drug-likeness (QED) is 0.720. The van der Waals surface area contributed by atoms with Crippen LogP contribution in [0.2, 0.25) is 0 Å². The summed E-state index contributed by atoms with van der Waals surface area (Å²) < 4.78 is 24.7. The van der Waals surface area contributed by atoms with E-state index in [4.69, 9.17) is 9.05 Å². The maximum Gasteiger partial charge on any atom is 0.431 e. The average Bonchev–Trinajstić information content (AvgIpc) is 2.93. The topological polar surface area (TPSA) is 52.6 Å². The molecule has 1 fully saturated rings. The molecular formula is C18H19O4P.